The van der Waals surface area contributed by atoms with E-state index in [0.717, 1.165) is 18.8 Å². The maximum Gasteiger partial charge on any atom is 0.367 e. The van der Waals surface area contributed by atoms with Crippen LogP contribution in [0.3, 0.4) is 0 Å². The molecule has 1 unspecified atom stereocenters. The Bertz CT molecular complexity index is 227. The van der Waals surface area contributed by atoms with Crippen LogP contribution in [0, 0.1) is 5.92 Å². The number of hydrogen-bond donors (Lipinski definition) is 0. The van der Waals surface area contributed by atoms with Crippen molar-refractivity contribution >= 4 is 7.68 Å². The molecular formula is C12H24FO2P. The van der Waals surface area contributed by atoms with E-state index in [0.29, 0.717) is 13.0 Å². The first-order valence-electron chi connectivity index (χ1n) is 6.57. The zero-order chi connectivity index (χ0) is 11.9. The predicted octanol–water partition coefficient (Wildman–Crippen LogP) is 4.94. The van der Waals surface area contributed by atoms with Gasteiger partial charge >= 0.3 is 7.68 Å². The second-order valence-corrected chi connectivity index (χ2v) is 6.68. The minimum atomic E-state index is -3.76. The highest BCUT2D eigenvalue weighted by Crippen LogP contribution is 2.49. The van der Waals surface area contributed by atoms with Gasteiger partial charge in [0.15, 0.2) is 0 Å². The first-order valence-corrected chi connectivity index (χ1v) is 8.27. The van der Waals surface area contributed by atoms with E-state index in [9.17, 15) is 8.76 Å². The summed E-state index contributed by atoms with van der Waals surface area (Å²) in [6.07, 6.45) is 9.25. The predicted molar refractivity (Wildman–Crippen MR) is 65.6 cm³/mol. The van der Waals surface area contributed by atoms with Crippen molar-refractivity contribution in [2.24, 2.45) is 5.92 Å². The van der Waals surface area contributed by atoms with Gasteiger partial charge in [0.2, 0.25) is 0 Å². The summed E-state index contributed by atoms with van der Waals surface area (Å²) in [6.45, 7) is 2.14. The molecule has 1 atom stereocenters. The van der Waals surface area contributed by atoms with Crippen molar-refractivity contribution in [3.63, 3.8) is 0 Å². The van der Waals surface area contributed by atoms with Crippen molar-refractivity contribution in [3.8, 4) is 0 Å². The first-order chi connectivity index (χ1) is 7.64. The Morgan fingerprint density at radius 3 is 2.62 bits per heavy atom. The smallest absolute Gasteiger partial charge is 0.306 e. The van der Waals surface area contributed by atoms with Crippen LogP contribution in [0.15, 0.2) is 0 Å². The lowest BCUT2D eigenvalue weighted by atomic mass is 9.86. The average molecular weight is 250 g/mol. The van der Waals surface area contributed by atoms with E-state index in [1.165, 1.54) is 32.1 Å². The summed E-state index contributed by atoms with van der Waals surface area (Å²) in [5.41, 5.74) is 0. The molecule has 0 saturated heterocycles. The van der Waals surface area contributed by atoms with Gasteiger partial charge < -0.3 is 4.52 Å². The fraction of sp³-hybridized carbons (Fsp3) is 1.00. The lowest BCUT2D eigenvalue weighted by molar-refractivity contribution is 0.254. The van der Waals surface area contributed by atoms with Crippen molar-refractivity contribution in [2.75, 3.05) is 12.8 Å². The third-order valence-corrected chi connectivity index (χ3v) is 4.81. The van der Waals surface area contributed by atoms with E-state index in [1.54, 1.807) is 0 Å². The molecule has 0 amide bonds. The van der Waals surface area contributed by atoms with E-state index in [-0.39, 0.29) is 6.16 Å². The topological polar surface area (TPSA) is 26.3 Å². The zero-order valence-corrected chi connectivity index (χ0v) is 11.2. The molecule has 0 bridgehead atoms. The normalized spacial score (nSPS) is 21.9. The summed E-state index contributed by atoms with van der Waals surface area (Å²) in [5, 5.41) is 0. The van der Waals surface area contributed by atoms with Crippen LogP contribution >= 0.6 is 7.68 Å². The lowest BCUT2D eigenvalue weighted by Gasteiger charge is -2.21. The molecule has 0 aromatic rings. The summed E-state index contributed by atoms with van der Waals surface area (Å²) in [4.78, 5) is 0. The van der Waals surface area contributed by atoms with Crippen molar-refractivity contribution < 1.29 is 13.3 Å². The molecule has 1 aliphatic rings. The molecule has 2 nitrogen and oxygen atoms in total. The number of hydrogen-bond acceptors (Lipinski definition) is 2. The Hall–Kier alpha value is 0.120. The van der Waals surface area contributed by atoms with E-state index < -0.39 is 7.68 Å². The molecule has 0 aliphatic heterocycles. The van der Waals surface area contributed by atoms with Crippen LogP contribution in [0.5, 0.6) is 0 Å². The third-order valence-electron chi connectivity index (χ3n) is 3.26. The highest BCUT2D eigenvalue weighted by molar-refractivity contribution is 7.53. The monoisotopic (exact) mass is 250 g/mol. The Kier molecular flexibility index (Phi) is 6.60. The zero-order valence-electron chi connectivity index (χ0n) is 10.3. The minimum Gasteiger partial charge on any atom is -0.306 e. The van der Waals surface area contributed by atoms with Crippen LogP contribution in [0.25, 0.3) is 0 Å². The van der Waals surface area contributed by atoms with Gasteiger partial charge in [-0.1, -0.05) is 39.0 Å². The molecule has 16 heavy (non-hydrogen) atoms. The van der Waals surface area contributed by atoms with Crippen LogP contribution in [0.2, 0.25) is 0 Å². The van der Waals surface area contributed by atoms with Gasteiger partial charge in [-0.15, -0.1) is 0 Å². The van der Waals surface area contributed by atoms with Crippen LogP contribution in [0.1, 0.15) is 58.3 Å². The van der Waals surface area contributed by atoms with Gasteiger partial charge in [-0.05, 0) is 25.2 Å². The van der Waals surface area contributed by atoms with Gasteiger partial charge in [-0.3, -0.25) is 4.57 Å². The number of halogens is 1. The van der Waals surface area contributed by atoms with Gasteiger partial charge in [-0.25, -0.2) is 0 Å². The molecule has 4 heteroatoms. The van der Waals surface area contributed by atoms with Crippen molar-refractivity contribution in [2.45, 2.75) is 58.3 Å². The fourth-order valence-electron chi connectivity index (χ4n) is 2.38. The summed E-state index contributed by atoms with van der Waals surface area (Å²) >= 11 is 0. The standard InChI is InChI=1S/C12H24FO2P/c1-2-11-16(13,14)15-10-6-9-12-7-4-3-5-8-12/h12H,2-11H2,1H3. The SMILES string of the molecule is CCCP(=O)(F)OCCCC1CCCCC1. The highest BCUT2D eigenvalue weighted by Gasteiger charge is 2.20. The van der Waals surface area contributed by atoms with Gasteiger partial charge in [0.1, 0.15) is 0 Å². The largest absolute Gasteiger partial charge is 0.367 e. The van der Waals surface area contributed by atoms with E-state index in [1.807, 2.05) is 6.92 Å². The van der Waals surface area contributed by atoms with E-state index in [2.05, 4.69) is 0 Å². The summed E-state index contributed by atoms with van der Waals surface area (Å²) < 4.78 is 29.2. The van der Waals surface area contributed by atoms with Crippen molar-refractivity contribution in [1.29, 1.82) is 0 Å². The van der Waals surface area contributed by atoms with Gasteiger partial charge in [0.05, 0.1) is 12.8 Å². The summed E-state index contributed by atoms with van der Waals surface area (Å²) in [5.74, 6) is 0.794. The quantitative estimate of drug-likeness (QED) is 0.472. The summed E-state index contributed by atoms with van der Waals surface area (Å²) in [6, 6.07) is 0. The van der Waals surface area contributed by atoms with Crippen LogP contribution in [-0.2, 0) is 9.09 Å². The van der Waals surface area contributed by atoms with Crippen LogP contribution in [-0.4, -0.2) is 12.8 Å². The first kappa shape index (κ1) is 14.2. The second kappa shape index (κ2) is 7.45. The van der Waals surface area contributed by atoms with Crippen LogP contribution in [0.4, 0.5) is 4.20 Å². The molecular weight excluding hydrogens is 226 g/mol. The summed E-state index contributed by atoms with van der Waals surface area (Å²) in [7, 11) is -3.76. The van der Waals surface area contributed by atoms with Crippen LogP contribution < -0.4 is 0 Å². The molecule has 0 radical (unpaired) electrons. The highest BCUT2D eigenvalue weighted by atomic mass is 31.2. The second-order valence-electron chi connectivity index (χ2n) is 4.79. The van der Waals surface area contributed by atoms with Crippen molar-refractivity contribution in [3.05, 3.63) is 0 Å². The van der Waals surface area contributed by atoms with Gasteiger partial charge in [0.25, 0.3) is 0 Å². The molecule has 96 valence electrons. The third kappa shape index (κ3) is 6.00. The van der Waals surface area contributed by atoms with Crippen molar-refractivity contribution in [1.82, 2.24) is 0 Å². The molecule has 0 aromatic heterocycles. The number of rotatable bonds is 7. The Morgan fingerprint density at radius 2 is 2.00 bits per heavy atom. The average Bonchev–Trinajstić information content (AvgIpc) is 2.26. The Balaban J connectivity index is 2.04. The molecule has 0 aromatic carbocycles. The molecule has 0 N–H and O–H groups in total. The molecule has 1 saturated carbocycles. The maximum atomic E-state index is 13.2. The fourth-order valence-corrected chi connectivity index (χ4v) is 3.45. The molecule has 1 aliphatic carbocycles. The van der Waals surface area contributed by atoms with E-state index >= 15 is 0 Å². The maximum absolute atomic E-state index is 13.2. The molecule has 1 rings (SSSR count). The molecule has 0 spiro atoms. The molecule has 1 fully saturated rings. The molecule has 0 heterocycles. The Labute approximate surface area is 98.5 Å². The van der Waals surface area contributed by atoms with Gasteiger partial charge in [-0.2, -0.15) is 4.20 Å². The minimum absolute atomic E-state index is 0.0659. The Morgan fingerprint density at radius 1 is 1.31 bits per heavy atom. The van der Waals surface area contributed by atoms with Gasteiger partial charge in [0, 0.05) is 0 Å². The lowest BCUT2D eigenvalue weighted by Crippen LogP contribution is -2.07. The van der Waals surface area contributed by atoms with E-state index in [4.69, 9.17) is 4.52 Å².